The number of hydrogen-bond acceptors (Lipinski definition) is 11. The maximum atomic E-state index is 13.9. The Kier molecular flexibility index (Phi) is 12.7. The third-order valence-corrected chi connectivity index (χ3v) is 13.5. The van der Waals surface area contributed by atoms with Gasteiger partial charge in [0.15, 0.2) is 5.75 Å². The van der Waals surface area contributed by atoms with Crippen molar-refractivity contribution in [2.45, 2.75) is 57.0 Å². The third kappa shape index (κ3) is 10.3. The predicted octanol–water partition coefficient (Wildman–Crippen LogP) is 8.99. The minimum Gasteiger partial charge on any atom is -0.487 e. The van der Waals surface area contributed by atoms with Crippen LogP contribution in [-0.4, -0.2) is 86.7 Å². The summed E-state index contributed by atoms with van der Waals surface area (Å²) in [5, 5.41) is 12.8. The lowest BCUT2D eigenvalue weighted by Gasteiger charge is -2.39. The summed E-state index contributed by atoms with van der Waals surface area (Å²) in [7, 11) is -4.62. The number of sulfonamides is 1. The standard InChI is InChI=1S/C46H49F3N6O8S/c1-45(2)15-11-33(39(26-45)31-3-5-34(6-4-31)46(47,48)49)28-53-17-19-54(20-18-53)35-7-9-38(42(24-35)63-36-23-32-12-16-50-43(32)51-27-36)44(56)52-64(59,60)37-8-10-41(40(25-37)55(57)58)62-29-30-13-21-61-22-14-30/h3-10,12,16,23-25,27,30H,11,13-15,17-22,26,28-29H2,1-2H3,(H,50,51)(H,52,56). The van der Waals surface area contributed by atoms with Crippen molar-refractivity contribution < 1.29 is 45.5 Å². The molecule has 0 saturated carbocycles. The van der Waals surface area contributed by atoms with Gasteiger partial charge >= 0.3 is 11.9 Å². The summed E-state index contributed by atoms with van der Waals surface area (Å²) in [6.07, 6.45) is 2.87. The summed E-state index contributed by atoms with van der Waals surface area (Å²) in [4.78, 5) is 36.6. The summed E-state index contributed by atoms with van der Waals surface area (Å²) >= 11 is 0. The number of anilines is 1. The smallest absolute Gasteiger partial charge is 0.416 e. The average Bonchev–Trinajstić information content (AvgIpc) is 3.74. The van der Waals surface area contributed by atoms with Gasteiger partial charge < -0.3 is 24.1 Å². The van der Waals surface area contributed by atoms with E-state index in [1.807, 2.05) is 6.07 Å². The van der Waals surface area contributed by atoms with Gasteiger partial charge in [-0.05, 0) is 103 Å². The lowest BCUT2D eigenvalue weighted by molar-refractivity contribution is -0.386. The highest BCUT2D eigenvalue weighted by Gasteiger charge is 2.33. The van der Waals surface area contributed by atoms with Crippen LogP contribution < -0.4 is 19.1 Å². The zero-order valence-electron chi connectivity index (χ0n) is 35.4. The number of alkyl halides is 3. The van der Waals surface area contributed by atoms with E-state index in [0.29, 0.717) is 57.3 Å². The van der Waals surface area contributed by atoms with Crippen LogP contribution >= 0.6 is 0 Å². The lowest BCUT2D eigenvalue weighted by Crippen LogP contribution is -2.47. The van der Waals surface area contributed by atoms with E-state index in [1.165, 1.54) is 23.9 Å². The molecule has 0 unspecified atom stereocenters. The van der Waals surface area contributed by atoms with Crippen molar-refractivity contribution in [2.24, 2.45) is 11.3 Å². The number of pyridine rings is 1. The van der Waals surface area contributed by atoms with Crippen LogP contribution in [0.3, 0.4) is 0 Å². The number of carbonyl (C=O) groups is 1. The fraction of sp³-hybridized carbons (Fsp3) is 0.391. The molecule has 1 aliphatic carbocycles. The van der Waals surface area contributed by atoms with Crippen LogP contribution in [0.5, 0.6) is 17.2 Å². The average molecular weight is 903 g/mol. The van der Waals surface area contributed by atoms with Crippen molar-refractivity contribution >= 4 is 43.9 Å². The van der Waals surface area contributed by atoms with E-state index >= 15 is 0 Å². The van der Waals surface area contributed by atoms with Gasteiger partial charge in [0, 0.05) is 75.3 Å². The molecule has 0 radical (unpaired) electrons. The lowest BCUT2D eigenvalue weighted by atomic mass is 9.72. The molecule has 3 aliphatic rings. The molecule has 2 fully saturated rings. The highest BCUT2D eigenvalue weighted by atomic mass is 32.2. The van der Waals surface area contributed by atoms with Crippen molar-refractivity contribution in [2.75, 3.05) is 57.4 Å². The second-order valence-electron chi connectivity index (χ2n) is 17.3. The number of benzene rings is 3. The number of H-pyrrole nitrogens is 1. The van der Waals surface area contributed by atoms with Gasteiger partial charge in [-0.25, -0.2) is 18.1 Å². The Morgan fingerprint density at radius 3 is 2.47 bits per heavy atom. The Hall–Kier alpha value is -5.98. The molecule has 0 spiro atoms. The van der Waals surface area contributed by atoms with Gasteiger partial charge in [0.1, 0.15) is 17.1 Å². The van der Waals surface area contributed by atoms with E-state index in [2.05, 4.69) is 38.3 Å². The number of nitrogens with one attached hydrogen (secondary N) is 2. The molecule has 2 saturated heterocycles. The normalized spacial score (nSPS) is 17.7. The maximum Gasteiger partial charge on any atom is 0.416 e. The van der Waals surface area contributed by atoms with Crippen molar-refractivity contribution in [3.63, 3.8) is 0 Å². The molecule has 18 heteroatoms. The topological polar surface area (TPSA) is 169 Å². The number of hydrogen-bond donors (Lipinski definition) is 2. The van der Waals surface area contributed by atoms with Crippen LogP contribution in [0.1, 0.15) is 67.4 Å². The number of allylic oxidation sites excluding steroid dienone is 1. The quantitative estimate of drug-likeness (QED) is 0.0855. The van der Waals surface area contributed by atoms with Crippen molar-refractivity contribution in [1.82, 2.24) is 19.6 Å². The molecule has 338 valence electrons. The first-order valence-corrected chi connectivity index (χ1v) is 22.7. The van der Waals surface area contributed by atoms with Crippen LogP contribution in [-0.2, 0) is 20.9 Å². The van der Waals surface area contributed by atoms with Gasteiger partial charge in [0.05, 0.1) is 33.7 Å². The predicted molar refractivity (Wildman–Crippen MR) is 234 cm³/mol. The van der Waals surface area contributed by atoms with Crippen LogP contribution in [0.25, 0.3) is 16.6 Å². The number of aromatic nitrogens is 2. The first kappa shape index (κ1) is 44.6. The molecule has 4 heterocycles. The minimum absolute atomic E-state index is 0.0169. The fourth-order valence-corrected chi connectivity index (χ4v) is 9.46. The summed E-state index contributed by atoms with van der Waals surface area (Å²) in [5.74, 6) is -0.604. The van der Waals surface area contributed by atoms with Crippen LogP contribution in [0.4, 0.5) is 24.5 Å². The van der Waals surface area contributed by atoms with Gasteiger partial charge in [-0.2, -0.15) is 13.2 Å². The molecule has 2 aliphatic heterocycles. The highest BCUT2D eigenvalue weighted by Crippen LogP contribution is 2.44. The second kappa shape index (κ2) is 18.3. The van der Waals surface area contributed by atoms with Crippen molar-refractivity contribution in [3.05, 3.63) is 118 Å². The number of rotatable bonds is 13. The highest BCUT2D eigenvalue weighted by molar-refractivity contribution is 7.90. The largest absolute Gasteiger partial charge is 0.487 e. The maximum absolute atomic E-state index is 13.9. The van der Waals surface area contributed by atoms with Gasteiger partial charge in [-0.3, -0.25) is 19.8 Å². The number of ether oxygens (including phenoxy) is 3. The second-order valence-corrected chi connectivity index (χ2v) is 19.0. The number of amides is 1. The molecule has 2 aromatic heterocycles. The zero-order valence-corrected chi connectivity index (χ0v) is 36.3. The van der Waals surface area contributed by atoms with E-state index in [4.69, 9.17) is 14.2 Å². The number of halogens is 3. The number of aromatic amines is 1. The van der Waals surface area contributed by atoms with E-state index < -0.39 is 43.2 Å². The molecule has 1 amide bonds. The number of nitro groups is 1. The van der Waals surface area contributed by atoms with E-state index in [0.717, 1.165) is 78.6 Å². The first-order chi connectivity index (χ1) is 30.5. The Balaban J connectivity index is 1.000. The Bertz CT molecular complexity index is 2670. The number of fused-ring (bicyclic) bond motifs is 1. The van der Waals surface area contributed by atoms with Gasteiger partial charge in [-0.15, -0.1) is 0 Å². The molecule has 0 bridgehead atoms. The van der Waals surface area contributed by atoms with Crippen LogP contribution in [0.2, 0.25) is 0 Å². The van der Waals surface area contributed by atoms with Crippen molar-refractivity contribution in [1.29, 1.82) is 0 Å². The molecular weight excluding hydrogens is 854 g/mol. The van der Waals surface area contributed by atoms with Gasteiger partial charge in [0.25, 0.3) is 15.9 Å². The first-order valence-electron chi connectivity index (χ1n) is 21.2. The van der Waals surface area contributed by atoms with E-state index in [-0.39, 0.29) is 35.0 Å². The Morgan fingerprint density at radius 1 is 1.00 bits per heavy atom. The molecular formula is C46H49F3N6O8S. The molecule has 64 heavy (non-hydrogen) atoms. The molecule has 2 N–H and O–H groups in total. The molecule has 3 aromatic carbocycles. The fourth-order valence-electron chi connectivity index (χ4n) is 8.48. The number of nitrogens with zero attached hydrogens (tertiary/aromatic N) is 4. The minimum atomic E-state index is -4.62. The Labute approximate surface area is 368 Å². The van der Waals surface area contributed by atoms with Crippen molar-refractivity contribution in [3.8, 4) is 17.2 Å². The summed E-state index contributed by atoms with van der Waals surface area (Å²) in [5.41, 5.74) is 3.18. The molecule has 5 aromatic rings. The van der Waals surface area contributed by atoms with Gasteiger partial charge in [0.2, 0.25) is 0 Å². The zero-order chi connectivity index (χ0) is 45.2. The van der Waals surface area contributed by atoms with E-state index in [9.17, 15) is 36.5 Å². The monoisotopic (exact) mass is 902 g/mol. The molecule has 0 atom stereocenters. The van der Waals surface area contributed by atoms with Crippen LogP contribution in [0, 0.1) is 21.4 Å². The third-order valence-electron chi connectivity index (χ3n) is 12.2. The number of piperazine rings is 1. The number of carbonyl (C=O) groups excluding carboxylic acids is 1. The van der Waals surface area contributed by atoms with Crippen LogP contribution in [0.15, 0.2) is 95.7 Å². The van der Waals surface area contributed by atoms with E-state index in [1.54, 1.807) is 36.5 Å². The Morgan fingerprint density at radius 2 is 1.75 bits per heavy atom. The number of nitro benzene ring substituents is 1. The van der Waals surface area contributed by atoms with Gasteiger partial charge in [-0.1, -0.05) is 31.6 Å². The molecule has 8 rings (SSSR count). The summed E-state index contributed by atoms with van der Waals surface area (Å²) in [6.45, 7) is 8.99. The summed E-state index contributed by atoms with van der Waals surface area (Å²) < 4.78 is 86.8. The summed E-state index contributed by atoms with van der Waals surface area (Å²) in [6, 6.07) is 17.1. The molecule has 14 nitrogen and oxygen atoms in total. The SMILES string of the molecule is CC1(C)CCC(CN2CCN(c3ccc(C(=O)NS(=O)(=O)c4ccc(OCC5CCOCC5)c([N+](=O)[O-])c4)c(Oc4cnc5[nH]ccc5c4)c3)CC2)=C(c2ccc(C(F)(F)F)cc2)C1.